The third-order valence-corrected chi connectivity index (χ3v) is 5.66. The second kappa shape index (κ2) is 10.8. The van der Waals surface area contributed by atoms with Crippen molar-refractivity contribution in [2.24, 2.45) is 4.99 Å². The Kier molecular flexibility index (Phi) is 7.59. The normalized spacial score (nSPS) is 26.0. The summed E-state index contributed by atoms with van der Waals surface area (Å²) < 4.78 is 17.4. The number of ether oxygens (including phenoxy) is 3. The quantitative estimate of drug-likeness (QED) is 0.212. The maximum atomic E-state index is 12.5. The van der Waals surface area contributed by atoms with Gasteiger partial charge in [-0.15, -0.1) is 0 Å². The van der Waals surface area contributed by atoms with Crippen LogP contribution in [0, 0.1) is 0 Å². The summed E-state index contributed by atoms with van der Waals surface area (Å²) in [6.45, 7) is 4.28. The van der Waals surface area contributed by atoms with Gasteiger partial charge in [0.2, 0.25) is 6.40 Å². The van der Waals surface area contributed by atoms with Crippen LogP contribution in [0.1, 0.15) is 37.8 Å². The Bertz CT molecular complexity index is 921. The van der Waals surface area contributed by atoms with E-state index in [9.17, 15) is 4.79 Å². The van der Waals surface area contributed by atoms with Crippen molar-refractivity contribution >= 4 is 12.5 Å². The van der Waals surface area contributed by atoms with Gasteiger partial charge >= 0.3 is 6.09 Å². The largest absolute Gasteiger partial charge is 0.445 e. The number of carbonyl (C=O) groups is 1. The van der Waals surface area contributed by atoms with E-state index < -0.39 is 11.9 Å². The summed E-state index contributed by atoms with van der Waals surface area (Å²) >= 11 is 0. The number of nitrogens with one attached hydrogen (secondary N) is 1. The Hall–Kier alpha value is -2.94. The fourth-order valence-corrected chi connectivity index (χ4v) is 4.16. The molecule has 2 fully saturated rings. The summed E-state index contributed by atoms with van der Waals surface area (Å²) in [6, 6.07) is 18.7. The molecule has 2 unspecified atom stereocenters. The molecule has 1 amide bonds. The van der Waals surface area contributed by atoms with Crippen LogP contribution >= 0.6 is 0 Å². The first kappa shape index (κ1) is 23.2. The third-order valence-electron chi connectivity index (χ3n) is 5.66. The van der Waals surface area contributed by atoms with Crippen molar-refractivity contribution < 1.29 is 28.8 Å². The van der Waals surface area contributed by atoms with Crippen molar-refractivity contribution in [3.05, 3.63) is 71.8 Å². The Morgan fingerprint density at radius 2 is 1.61 bits per heavy atom. The van der Waals surface area contributed by atoms with E-state index in [1.807, 2.05) is 74.5 Å². The number of fused-ring (bicyclic) bond motifs is 1. The maximum Gasteiger partial charge on any atom is 0.407 e. The van der Waals surface area contributed by atoms with Gasteiger partial charge in [-0.1, -0.05) is 60.7 Å². The lowest BCUT2D eigenvalue weighted by molar-refractivity contribution is -0.227. The minimum absolute atomic E-state index is 0.106. The molecule has 1 saturated heterocycles. The van der Waals surface area contributed by atoms with E-state index in [1.165, 1.54) is 6.40 Å². The number of benzene rings is 2. The fourth-order valence-electron chi connectivity index (χ4n) is 4.16. The lowest BCUT2D eigenvalue weighted by atomic mass is 9.86. The standard InChI is InChI=1S/C25H30N2O6/c1-25(2)32-22-13-20(26-17-31-30-16-19-11-7-4-8-12-19)21(14-23(22)33-25)27-24(28)29-15-18-9-5-3-6-10-18/h3-12,17,20-23H,13-16H2,1-2H3,(H,27,28)/b26-17-/t20-,21+,22?,23?/m1/s1. The molecule has 2 aromatic rings. The predicted molar refractivity (Wildman–Crippen MR) is 121 cm³/mol. The zero-order valence-electron chi connectivity index (χ0n) is 18.9. The molecular formula is C25H30N2O6. The average molecular weight is 455 g/mol. The van der Waals surface area contributed by atoms with Crippen LogP contribution < -0.4 is 5.32 Å². The molecule has 8 nitrogen and oxygen atoms in total. The minimum Gasteiger partial charge on any atom is -0.445 e. The molecule has 33 heavy (non-hydrogen) atoms. The first-order chi connectivity index (χ1) is 16.0. The zero-order valence-corrected chi connectivity index (χ0v) is 18.9. The van der Waals surface area contributed by atoms with Crippen molar-refractivity contribution in [2.75, 3.05) is 0 Å². The van der Waals surface area contributed by atoms with E-state index in [-0.39, 0.29) is 30.9 Å². The molecule has 4 rings (SSSR count). The van der Waals surface area contributed by atoms with Gasteiger partial charge in [0.1, 0.15) is 13.2 Å². The predicted octanol–water partition coefficient (Wildman–Crippen LogP) is 4.14. The molecule has 176 valence electrons. The number of rotatable bonds is 8. The number of alkyl carbamates (subject to hydrolysis) is 1. The SMILES string of the molecule is CC1(C)OC2C[C@H](NC(=O)OCc3ccccc3)[C@H](/N=C\OOCc3ccccc3)CC2O1. The van der Waals surface area contributed by atoms with Crippen LogP contribution in [0.4, 0.5) is 4.79 Å². The Balaban J connectivity index is 1.32. The molecule has 0 bridgehead atoms. The monoisotopic (exact) mass is 454 g/mol. The molecule has 2 aromatic carbocycles. The molecular weight excluding hydrogens is 424 g/mol. The van der Waals surface area contributed by atoms with Crippen LogP contribution in [-0.2, 0) is 37.2 Å². The summed E-state index contributed by atoms with van der Waals surface area (Å²) in [4.78, 5) is 27.3. The van der Waals surface area contributed by atoms with E-state index in [4.69, 9.17) is 24.0 Å². The van der Waals surface area contributed by atoms with Crippen molar-refractivity contribution in [2.45, 2.75) is 70.0 Å². The molecule has 0 radical (unpaired) electrons. The number of aliphatic imine (C=N–C) groups is 1. The maximum absolute atomic E-state index is 12.5. The van der Waals surface area contributed by atoms with E-state index in [2.05, 4.69) is 10.3 Å². The number of nitrogens with zero attached hydrogens (tertiary/aromatic N) is 1. The molecule has 1 N–H and O–H groups in total. The van der Waals surface area contributed by atoms with Crippen LogP contribution in [0.25, 0.3) is 0 Å². The number of carbonyl (C=O) groups excluding carboxylic acids is 1. The topological polar surface area (TPSA) is 87.6 Å². The molecule has 2 aliphatic rings. The van der Waals surface area contributed by atoms with Crippen molar-refractivity contribution in [1.82, 2.24) is 5.32 Å². The van der Waals surface area contributed by atoms with E-state index in [0.29, 0.717) is 19.4 Å². The second-order valence-electron chi connectivity index (χ2n) is 8.66. The summed E-state index contributed by atoms with van der Waals surface area (Å²) in [5.41, 5.74) is 1.91. The highest BCUT2D eigenvalue weighted by Gasteiger charge is 2.48. The fraction of sp³-hybridized carbons (Fsp3) is 0.440. The van der Waals surface area contributed by atoms with Gasteiger partial charge < -0.3 is 24.4 Å². The van der Waals surface area contributed by atoms with Crippen molar-refractivity contribution in [1.29, 1.82) is 0 Å². The van der Waals surface area contributed by atoms with Crippen LogP contribution in [0.3, 0.4) is 0 Å². The van der Waals surface area contributed by atoms with Gasteiger partial charge in [-0.25, -0.2) is 9.79 Å². The Morgan fingerprint density at radius 3 is 2.27 bits per heavy atom. The van der Waals surface area contributed by atoms with E-state index >= 15 is 0 Å². The van der Waals surface area contributed by atoms with Gasteiger partial charge in [0.15, 0.2) is 5.79 Å². The molecule has 1 aliphatic carbocycles. The molecule has 1 saturated carbocycles. The van der Waals surface area contributed by atoms with E-state index in [0.717, 1.165) is 11.1 Å². The van der Waals surface area contributed by atoms with Gasteiger partial charge in [-0.2, -0.15) is 4.89 Å². The molecule has 0 aromatic heterocycles. The summed E-state index contributed by atoms with van der Waals surface area (Å²) in [5, 5.41) is 2.94. The van der Waals surface area contributed by atoms with E-state index in [1.54, 1.807) is 0 Å². The van der Waals surface area contributed by atoms with Crippen molar-refractivity contribution in [3.63, 3.8) is 0 Å². The number of hydrogen-bond donors (Lipinski definition) is 1. The minimum atomic E-state index is -0.665. The Labute approximate surface area is 193 Å². The first-order valence-electron chi connectivity index (χ1n) is 11.2. The Morgan fingerprint density at radius 1 is 1.00 bits per heavy atom. The molecule has 8 heteroatoms. The summed E-state index contributed by atoms with van der Waals surface area (Å²) in [5.74, 6) is -0.665. The lowest BCUT2D eigenvalue weighted by Gasteiger charge is -2.34. The molecule has 4 atom stereocenters. The average Bonchev–Trinajstić information content (AvgIpc) is 3.11. The summed E-state index contributed by atoms with van der Waals surface area (Å²) in [7, 11) is 0. The van der Waals surface area contributed by atoms with Crippen molar-refractivity contribution in [3.8, 4) is 0 Å². The van der Waals surface area contributed by atoms with Gasteiger partial charge in [-0.3, -0.25) is 0 Å². The highest BCUT2D eigenvalue weighted by Crippen LogP contribution is 2.37. The summed E-state index contributed by atoms with van der Waals surface area (Å²) in [6.07, 6.45) is 1.69. The first-order valence-corrected chi connectivity index (χ1v) is 11.2. The smallest absolute Gasteiger partial charge is 0.407 e. The highest BCUT2D eigenvalue weighted by molar-refractivity contribution is 5.67. The van der Waals surface area contributed by atoms with Gasteiger partial charge in [0.25, 0.3) is 0 Å². The van der Waals surface area contributed by atoms with Crippen LogP contribution in [0.15, 0.2) is 65.7 Å². The zero-order chi connectivity index (χ0) is 23.1. The van der Waals surface area contributed by atoms with Gasteiger partial charge in [0.05, 0.1) is 24.3 Å². The lowest BCUT2D eigenvalue weighted by Crippen LogP contribution is -2.51. The van der Waals surface area contributed by atoms with Gasteiger partial charge in [-0.05, 0) is 31.4 Å². The molecule has 0 spiro atoms. The number of hydrogen-bond acceptors (Lipinski definition) is 7. The third kappa shape index (κ3) is 6.77. The number of amides is 1. The molecule has 1 heterocycles. The second-order valence-corrected chi connectivity index (χ2v) is 8.66. The van der Waals surface area contributed by atoms with Gasteiger partial charge in [0, 0.05) is 6.42 Å². The van der Waals surface area contributed by atoms with Crippen LogP contribution in [0.2, 0.25) is 0 Å². The molecule has 1 aliphatic heterocycles. The van der Waals surface area contributed by atoms with Crippen LogP contribution in [0.5, 0.6) is 0 Å². The highest BCUT2D eigenvalue weighted by atomic mass is 17.2. The van der Waals surface area contributed by atoms with Crippen LogP contribution in [-0.4, -0.2) is 42.6 Å².